The summed E-state index contributed by atoms with van der Waals surface area (Å²) in [5.41, 5.74) is 2.47. The lowest BCUT2D eigenvalue weighted by Gasteiger charge is -2.28. The zero-order valence-corrected chi connectivity index (χ0v) is 12.3. The molecule has 1 aromatic rings. The maximum absolute atomic E-state index is 11.7. The normalized spacial score (nSPS) is 22.4. The monoisotopic (exact) mass is 287 g/mol. The standard InChI is InChI=1S/C16H21N3O2/c1-12-11-18(8-9-19-15(20)6-7-16(19)21)14-5-3-2-4-13(14)10-17-12/h2-5,12,17H,6-11H2,1H3. The molecule has 2 heterocycles. The first-order chi connectivity index (χ1) is 10.1. The molecule has 0 bridgehead atoms. The lowest BCUT2D eigenvalue weighted by Crippen LogP contribution is -2.42. The highest BCUT2D eigenvalue weighted by Gasteiger charge is 2.29. The Morgan fingerprint density at radius 2 is 1.86 bits per heavy atom. The van der Waals surface area contributed by atoms with Gasteiger partial charge in [-0.05, 0) is 18.6 Å². The molecule has 1 unspecified atom stereocenters. The van der Waals surface area contributed by atoms with Crippen molar-refractivity contribution in [3.8, 4) is 0 Å². The van der Waals surface area contributed by atoms with Gasteiger partial charge in [0.05, 0.1) is 0 Å². The van der Waals surface area contributed by atoms with Crippen molar-refractivity contribution in [2.45, 2.75) is 32.4 Å². The topological polar surface area (TPSA) is 52.7 Å². The number of carbonyl (C=O) groups is 2. The van der Waals surface area contributed by atoms with Gasteiger partial charge >= 0.3 is 0 Å². The summed E-state index contributed by atoms with van der Waals surface area (Å²) in [7, 11) is 0. The molecule has 0 aromatic heterocycles. The van der Waals surface area contributed by atoms with Gasteiger partial charge in [0.15, 0.2) is 0 Å². The molecule has 0 spiro atoms. The Hall–Kier alpha value is -1.88. The van der Waals surface area contributed by atoms with Crippen molar-refractivity contribution >= 4 is 17.5 Å². The molecule has 1 fully saturated rings. The molecule has 1 N–H and O–H groups in total. The van der Waals surface area contributed by atoms with Crippen LogP contribution in [-0.4, -0.2) is 42.4 Å². The second kappa shape index (κ2) is 5.85. The molecule has 112 valence electrons. The molecule has 0 aliphatic carbocycles. The number of fused-ring (bicyclic) bond motifs is 1. The Bertz CT molecular complexity index is 542. The van der Waals surface area contributed by atoms with E-state index in [0.717, 1.165) is 13.1 Å². The third-order valence-corrected chi connectivity index (χ3v) is 4.22. The molecule has 5 nitrogen and oxygen atoms in total. The number of benzene rings is 1. The largest absolute Gasteiger partial charge is 0.368 e. The van der Waals surface area contributed by atoms with E-state index in [1.807, 2.05) is 12.1 Å². The molecular weight excluding hydrogens is 266 g/mol. The number of hydrogen-bond acceptors (Lipinski definition) is 4. The average Bonchev–Trinajstić information content (AvgIpc) is 2.71. The van der Waals surface area contributed by atoms with Crippen LogP contribution < -0.4 is 10.2 Å². The predicted octanol–water partition coefficient (Wildman–Crippen LogP) is 1.13. The average molecular weight is 287 g/mol. The number of nitrogens with zero attached hydrogens (tertiary/aromatic N) is 2. The van der Waals surface area contributed by atoms with Crippen molar-refractivity contribution in [1.82, 2.24) is 10.2 Å². The van der Waals surface area contributed by atoms with Crippen LogP contribution in [0.25, 0.3) is 0 Å². The summed E-state index contributed by atoms with van der Waals surface area (Å²) in [5.74, 6) is -0.0661. The summed E-state index contributed by atoms with van der Waals surface area (Å²) in [5, 5.41) is 3.49. The Morgan fingerprint density at radius 3 is 2.62 bits per heavy atom. The smallest absolute Gasteiger partial charge is 0.229 e. The van der Waals surface area contributed by atoms with Gasteiger partial charge in [-0.15, -0.1) is 0 Å². The summed E-state index contributed by atoms with van der Waals surface area (Å²) >= 11 is 0. The van der Waals surface area contributed by atoms with Crippen LogP contribution in [0.2, 0.25) is 0 Å². The first kappa shape index (κ1) is 14.1. The van der Waals surface area contributed by atoms with Crippen LogP contribution >= 0.6 is 0 Å². The molecule has 2 aliphatic heterocycles. The van der Waals surface area contributed by atoms with Gasteiger partial charge < -0.3 is 10.2 Å². The fourth-order valence-electron chi connectivity index (χ4n) is 3.05. The molecule has 2 amide bonds. The molecule has 1 saturated heterocycles. The summed E-state index contributed by atoms with van der Waals surface area (Å²) in [6.45, 7) is 5.08. The van der Waals surface area contributed by atoms with Gasteiger partial charge in [-0.2, -0.15) is 0 Å². The van der Waals surface area contributed by atoms with Crippen molar-refractivity contribution < 1.29 is 9.59 Å². The van der Waals surface area contributed by atoms with Crippen molar-refractivity contribution in [2.75, 3.05) is 24.5 Å². The fourth-order valence-corrected chi connectivity index (χ4v) is 3.05. The number of amides is 2. The fraction of sp³-hybridized carbons (Fsp3) is 0.500. The van der Waals surface area contributed by atoms with Gasteiger partial charge in [-0.1, -0.05) is 18.2 Å². The van der Waals surface area contributed by atoms with Crippen LogP contribution in [-0.2, 0) is 16.1 Å². The van der Waals surface area contributed by atoms with E-state index in [0.29, 0.717) is 32.0 Å². The third kappa shape index (κ3) is 2.93. The van der Waals surface area contributed by atoms with Gasteiger partial charge in [-0.3, -0.25) is 14.5 Å². The number of likely N-dealkylation sites (tertiary alicyclic amines) is 1. The zero-order chi connectivity index (χ0) is 14.8. The number of rotatable bonds is 3. The Kier molecular flexibility index (Phi) is 3.92. The second-order valence-corrected chi connectivity index (χ2v) is 5.80. The van der Waals surface area contributed by atoms with Crippen molar-refractivity contribution in [3.05, 3.63) is 29.8 Å². The van der Waals surface area contributed by atoms with E-state index in [9.17, 15) is 9.59 Å². The van der Waals surface area contributed by atoms with Crippen LogP contribution in [0.1, 0.15) is 25.3 Å². The predicted molar refractivity (Wildman–Crippen MR) is 80.9 cm³/mol. The van der Waals surface area contributed by atoms with E-state index < -0.39 is 0 Å². The van der Waals surface area contributed by atoms with Crippen molar-refractivity contribution in [1.29, 1.82) is 0 Å². The van der Waals surface area contributed by atoms with Crippen LogP contribution in [0.5, 0.6) is 0 Å². The second-order valence-electron chi connectivity index (χ2n) is 5.80. The number of para-hydroxylation sites is 1. The van der Waals surface area contributed by atoms with E-state index in [2.05, 4.69) is 29.3 Å². The van der Waals surface area contributed by atoms with E-state index in [-0.39, 0.29) is 11.8 Å². The Labute approximate surface area is 124 Å². The molecule has 0 saturated carbocycles. The highest BCUT2D eigenvalue weighted by Crippen LogP contribution is 2.23. The number of carbonyl (C=O) groups excluding carboxylic acids is 2. The summed E-state index contributed by atoms with van der Waals surface area (Å²) in [6, 6.07) is 8.70. The quantitative estimate of drug-likeness (QED) is 0.847. The number of imide groups is 1. The molecule has 0 radical (unpaired) electrons. The first-order valence-corrected chi connectivity index (χ1v) is 7.54. The summed E-state index contributed by atoms with van der Waals surface area (Å²) < 4.78 is 0. The summed E-state index contributed by atoms with van der Waals surface area (Å²) in [4.78, 5) is 27.1. The van der Waals surface area contributed by atoms with Crippen molar-refractivity contribution in [2.24, 2.45) is 0 Å². The maximum atomic E-state index is 11.7. The van der Waals surface area contributed by atoms with Crippen LogP contribution in [0, 0.1) is 0 Å². The van der Waals surface area contributed by atoms with Crippen LogP contribution in [0.3, 0.4) is 0 Å². The molecule has 21 heavy (non-hydrogen) atoms. The van der Waals surface area contributed by atoms with Gasteiger partial charge in [0.25, 0.3) is 0 Å². The Morgan fingerprint density at radius 1 is 1.14 bits per heavy atom. The molecule has 1 atom stereocenters. The van der Waals surface area contributed by atoms with Crippen LogP contribution in [0.4, 0.5) is 5.69 Å². The van der Waals surface area contributed by atoms with E-state index in [4.69, 9.17) is 0 Å². The zero-order valence-electron chi connectivity index (χ0n) is 12.3. The van der Waals surface area contributed by atoms with Gasteiger partial charge in [0, 0.05) is 50.7 Å². The lowest BCUT2D eigenvalue weighted by atomic mass is 10.1. The SMILES string of the molecule is CC1CN(CCN2C(=O)CCC2=O)c2ccccc2CN1. The van der Waals surface area contributed by atoms with Gasteiger partial charge in [0.2, 0.25) is 11.8 Å². The molecule has 2 aliphatic rings. The van der Waals surface area contributed by atoms with Gasteiger partial charge in [-0.25, -0.2) is 0 Å². The van der Waals surface area contributed by atoms with E-state index >= 15 is 0 Å². The number of nitrogens with one attached hydrogen (secondary N) is 1. The van der Waals surface area contributed by atoms with E-state index in [1.165, 1.54) is 16.2 Å². The van der Waals surface area contributed by atoms with E-state index in [1.54, 1.807) is 0 Å². The summed E-state index contributed by atoms with van der Waals surface area (Å²) in [6.07, 6.45) is 0.737. The molecule has 5 heteroatoms. The third-order valence-electron chi connectivity index (χ3n) is 4.22. The lowest BCUT2D eigenvalue weighted by molar-refractivity contribution is -0.138. The van der Waals surface area contributed by atoms with Crippen LogP contribution in [0.15, 0.2) is 24.3 Å². The minimum atomic E-state index is -0.0331. The molecular formula is C16H21N3O2. The molecule has 3 rings (SSSR count). The molecule has 1 aromatic carbocycles. The maximum Gasteiger partial charge on any atom is 0.229 e. The van der Waals surface area contributed by atoms with Gasteiger partial charge in [0.1, 0.15) is 0 Å². The first-order valence-electron chi connectivity index (χ1n) is 7.54. The minimum absolute atomic E-state index is 0.0331. The Balaban J connectivity index is 1.74. The minimum Gasteiger partial charge on any atom is -0.368 e. The number of hydrogen-bond donors (Lipinski definition) is 1. The van der Waals surface area contributed by atoms with Crippen molar-refractivity contribution in [3.63, 3.8) is 0 Å². The number of anilines is 1. The highest BCUT2D eigenvalue weighted by atomic mass is 16.2. The highest BCUT2D eigenvalue weighted by molar-refractivity contribution is 6.01.